The molecule has 5 aliphatic heterocycles. The summed E-state index contributed by atoms with van der Waals surface area (Å²) in [7, 11) is 0. The number of nitrogens with one attached hydrogen (secondary N) is 1. The molecule has 0 aromatic carbocycles. The van der Waals surface area contributed by atoms with Gasteiger partial charge in [0.25, 0.3) is 0 Å². The first-order chi connectivity index (χ1) is 37.7. The average molecular weight is 1120 g/mol. The number of ether oxygens (including phenoxy) is 9. The molecular formula is C62H93NO17. The number of rotatable bonds is 11. The molecule has 1 spiro atoms. The minimum atomic E-state index is -1.62. The molecule has 5 saturated heterocycles. The molecule has 27 atom stereocenters. The zero-order chi connectivity index (χ0) is 58.1. The molecule has 9 rings (SSSR count). The van der Waals surface area contributed by atoms with Gasteiger partial charge in [0.2, 0.25) is 11.7 Å². The molecule has 0 aromatic rings. The molecule has 18 nitrogen and oxygen atoms in total. The zero-order valence-electron chi connectivity index (χ0n) is 49.3. The van der Waals surface area contributed by atoms with Crippen LogP contribution in [-0.2, 0) is 57.0 Å². The summed E-state index contributed by atoms with van der Waals surface area (Å²) in [4.78, 5) is 42.5. The van der Waals surface area contributed by atoms with E-state index >= 15 is 4.79 Å². The fourth-order valence-electron chi connectivity index (χ4n) is 15.9. The lowest BCUT2D eigenvalue weighted by Crippen LogP contribution is -2.62. The Labute approximate surface area is 473 Å². The molecule has 4 aliphatic carbocycles. The number of amides is 1. The number of fused-ring (bicyclic) bond motifs is 4. The summed E-state index contributed by atoms with van der Waals surface area (Å²) in [6.07, 6.45) is 6.23. The van der Waals surface area contributed by atoms with Gasteiger partial charge >= 0.3 is 5.97 Å². The van der Waals surface area contributed by atoms with Crippen molar-refractivity contribution in [3.8, 4) is 0 Å². The summed E-state index contributed by atoms with van der Waals surface area (Å²) in [5, 5.41) is 59.6. The molecule has 0 radical (unpaired) electrons. The van der Waals surface area contributed by atoms with Gasteiger partial charge in [-0.15, -0.1) is 0 Å². The molecule has 1 amide bonds. The molecule has 6 fully saturated rings. The normalized spacial score (nSPS) is 51.2. The molecule has 9 aliphatic rings. The topological polar surface area (TPSA) is 247 Å². The second-order valence-electron chi connectivity index (χ2n) is 26.0. The zero-order valence-corrected chi connectivity index (χ0v) is 49.3. The minimum absolute atomic E-state index is 0.00302. The van der Waals surface area contributed by atoms with E-state index in [1.807, 2.05) is 39.8 Å². The Morgan fingerprint density at radius 1 is 0.725 bits per heavy atom. The second-order valence-corrected chi connectivity index (χ2v) is 26.0. The van der Waals surface area contributed by atoms with Crippen LogP contribution < -0.4 is 5.32 Å². The van der Waals surface area contributed by atoms with Crippen molar-refractivity contribution in [2.45, 2.75) is 257 Å². The molecule has 6 N–H and O–H groups in total. The van der Waals surface area contributed by atoms with Gasteiger partial charge in [0.1, 0.15) is 23.5 Å². The number of allylic oxidation sites excluding steroid dienone is 4. The number of aliphatic hydroxyl groups excluding tert-OH is 4. The summed E-state index contributed by atoms with van der Waals surface area (Å²) in [6, 6.07) is -0.667. The van der Waals surface area contributed by atoms with E-state index in [0.29, 0.717) is 12.8 Å². The third-order valence-corrected chi connectivity index (χ3v) is 19.7. The quantitative estimate of drug-likeness (QED) is 0.0686. The molecular weight excluding hydrogens is 1030 g/mol. The fourth-order valence-corrected chi connectivity index (χ4v) is 15.9. The molecule has 1 saturated carbocycles. The number of hydrogen-bond acceptors (Lipinski definition) is 17. The van der Waals surface area contributed by atoms with Crippen molar-refractivity contribution in [1.29, 1.82) is 0 Å². The average Bonchev–Trinajstić information content (AvgIpc) is 3.64. The van der Waals surface area contributed by atoms with Gasteiger partial charge in [-0.1, -0.05) is 83.1 Å². The van der Waals surface area contributed by atoms with Crippen LogP contribution in [0.4, 0.5) is 0 Å². The number of ketones is 1. The first kappa shape index (κ1) is 61.2. The highest BCUT2D eigenvalue weighted by Gasteiger charge is 2.63. The highest BCUT2D eigenvalue weighted by molar-refractivity contribution is 6.26. The van der Waals surface area contributed by atoms with Crippen LogP contribution in [-0.4, -0.2) is 153 Å². The van der Waals surface area contributed by atoms with Crippen molar-refractivity contribution in [3.63, 3.8) is 0 Å². The van der Waals surface area contributed by atoms with Crippen molar-refractivity contribution in [2.75, 3.05) is 0 Å². The van der Waals surface area contributed by atoms with Crippen LogP contribution in [0.5, 0.6) is 0 Å². The fraction of sp³-hybridized carbons (Fsp3) is 0.790. The lowest BCUT2D eigenvalue weighted by molar-refractivity contribution is -0.328. The number of carbonyl (C=O) groups excluding carboxylic acids is 3. The maximum atomic E-state index is 15.6. The Kier molecular flexibility index (Phi) is 18.3. The summed E-state index contributed by atoms with van der Waals surface area (Å²) < 4.78 is 58.2. The van der Waals surface area contributed by atoms with E-state index in [2.05, 4.69) is 57.3 Å². The number of hydrogen-bond donors (Lipinski definition) is 6. The van der Waals surface area contributed by atoms with Gasteiger partial charge in [0.05, 0.1) is 66.6 Å². The van der Waals surface area contributed by atoms with E-state index in [4.69, 9.17) is 42.6 Å². The third-order valence-electron chi connectivity index (χ3n) is 19.7. The summed E-state index contributed by atoms with van der Waals surface area (Å²) >= 11 is 0. The number of esters is 1. The van der Waals surface area contributed by atoms with Crippen LogP contribution in [0.2, 0.25) is 0 Å². The van der Waals surface area contributed by atoms with Crippen molar-refractivity contribution >= 4 is 17.7 Å². The van der Waals surface area contributed by atoms with Crippen LogP contribution in [0.1, 0.15) is 148 Å². The van der Waals surface area contributed by atoms with Gasteiger partial charge in [0, 0.05) is 68.1 Å². The molecule has 5 heterocycles. The van der Waals surface area contributed by atoms with E-state index in [9.17, 15) is 35.1 Å². The van der Waals surface area contributed by atoms with Crippen molar-refractivity contribution in [3.05, 3.63) is 58.9 Å². The van der Waals surface area contributed by atoms with Crippen molar-refractivity contribution in [1.82, 2.24) is 5.32 Å². The maximum absolute atomic E-state index is 15.6. The smallest absolute Gasteiger partial charge is 0.346 e. The lowest BCUT2D eigenvalue weighted by atomic mass is 9.49. The number of Topliss-reactive ketones (excluding diaryl/α,β-unsaturated/α-hetero) is 1. The number of carbonyl (C=O) groups is 3. The van der Waals surface area contributed by atoms with E-state index in [1.165, 1.54) is 6.92 Å². The lowest BCUT2D eigenvalue weighted by Gasteiger charge is -2.56. The molecule has 27 unspecified atom stereocenters. The summed E-state index contributed by atoms with van der Waals surface area (Å²) in [5.41, 5.74) is -2.79. The van der Waals surface area contributed by atoms with Crippen LogP contribution in [0.3, 0.4) is 0 Å². The Bertz CT molecular complexity index is 2410. The van der Waals surface area contributed by atoms with Gasteiger partial charge in [-0.25, -0.2) is 4.79 Å². The van der Waals surface area contributed by atoms with Gasteiger partial charge in [-0.3, -0.25) is 9.59 Å². The Hall–Kier alpha value is -3.37. The first-order valence-electron chi connectivity index (χ1n) is 29.9. The minimum Gasteiger partial charge on any atom is -0.511 e. The summed E-state index contributed by atoms with van der Waals surface area (Å²) in [5.74, 6) is -3.95. The number of aliphatic hydroxyl groups is 5. The predicted molar refractivity (Wildman–Crippen MR) is 293 cm³/mol. The SMILES string of the molecule is CCCC1C=CC2/C=C(\C)C(OC3CC(C)(O)C(NC(C)=O)C(C)O3)C(C)/C=C(\C)C3C=CC4C(OC5CCC(OC6CC(O)C(OC7CC(O)C(O)C(C)O7)C(C)O6)C(C)O5)C(C)CC(C)C4C3(C)/C(O)=C3\C(=O)OC2(C1)C3=O. The van der Waals surface area contributed by atoms with E-state index < -0.39 is 126 Å². The second kappa shape index (κ2) is 23.9. The van der Waals surface area contributed by atoms with Crippen LogP contribution in [0.15, 0.2) is 58.9 Å². The highest BCUT2D eigenvalue weighted by atomic mass is 16.7. The monoisotopic (exact) mass is 1120 g/mol. The van der Waals surface area contributed by atoms with Crippen molar-refractivity contribution in [2.24, 2.45) is 52.8 Å². The Morgan fingerprint density at radius 3 is 2.05 bits per heavy atom. The standard InChI is InChI=1S/C62H93NO17/c1-14-15-39-16-17-40-24-33(6)53(79-49-28-60(12,71)56(37(10)75-49)63-38(11)64)31(4)22-29(2)42-19-18-41-51(61(42,13)57(68)50-58(69)62(40,27-39)80-59(50)70)30(3)23-32(5)54(41)77-46-21-20-45(34(7)72-46)76-47-26-44(66)55(36(9)74-47)78-48-25-43(65)52(67)35(8)73-48/h16-19,22,24,30-32,34-37,39-49,51-56,65-68,71H,14-15,20-21,23,25-28H2,1-13H3,(H,63,64)/b29-22+,33-24+,57-50+. The summed E-state index contributed by atoms with van der Waals surface area (Å²) in [6.45, 7) is 24.8. The van der Waals surface area contributed by atoms with Crippen LogP contribution in [0, 0.1) is 52.8 Å². The van der Waals surface area contributed by atoms with Gasteiger partial charge < -0.3 is 73.5 Å². The van der Waals surface area contributed by atoms with E-state index in [-0.39, 0.29) is 90.6 Å². The molecule has 80 heavy (non-hydrogen) atoms. The van der Waals surface area contributed by atoms with Gasteiger partial charge in [-0.2, -0.15) is 0 Å². The molecule has 0 aromatic heterocycles. The maximum Gasteiger partial charge on any atom is 0.346 e. The van der Waals surface area contributed by atoms with Crippen molar-refractivity contribution < 1.29 is 82.5 Å². The largest absolute Gasteiger partial charge is 0.511 e. The molecule has 2 bridgehead atoms. The third kappa shape index (κ3) is 11.7. The Morgan fingerprint density at radius 2 is 1.39 bits per heavy atom. The molecule has 448 valence electrons. The first-order valence-corrected chi connectivity index (χ1v) is 29.9. The Balaban J connectivity index is 0.984. The highest BCUT2D eigenvalue weighted by Crippen LogP contribution is 2.61. The predicted octanol–water partition coefficient (Wildman–Crippen LogP) is 7.11. The van der Waals surface area contributed by atoms with E-state index in [0.717, 1.165) is 30.4 Å². The van der Waals surface area contributed by atoms with E-state index in [1.54, 1.807) is 27.7 Å². The van der Waals surface area contributed by atoms with Gasteiger partial charge in [0.15, 0.2) is 30.8 Å². The van der Waals surface area contributed by atoms with Crippen LogP contribution in [0.25, 0.3) is 0 Å². The molecule has 18 heteroatoms. The van der Waals surface area contributed by atoms with Gasteiger partial charge in [-0.05, 0) is 97.0 Å². The van der Waals surface area contributed by atoms with Crippen LogP contribution >= 0.6 is 0 Å².